The molecule has 0 atom stereocenters. The molecule has 0 radical (unpaired) electrons. The fourth-order valence-corrected chi connectivity index (χ4v) is 1.80. The van der Waals surface area contributed by atoms with Gasteiger partial charge in [0.2, 0.25) is 17.5 Å². The predicted octanol–water partition coefficient (Wildman–Crippen LogP) is 0.778. The Kier molecular flexibility index (Phi) is 4.80. The Labute approximate surface area is 124 Å². The molecule has 0 fully saturated rings. The van der Waals surface area contributed by atoms with Crippen LogP contribution >= 0.6 is 0 Å². The largest absolute Gasteiger partial charge is 0.497 e. The highest BCUT2D eigenvalue weighted by molar-refractivity contribution is 5.59. The molecule has 0 bridgehead atoms. The summed E-state index contributed by atoms with van der Waals surface area (Å²) >= 11 is 0. The maximum absolute atomic E-state index is 9.13. The standard InChI is InChI=1S/C15H18N4O2/c1-19(2)9-8-17-15-13(10-16)18-14(21-15)11-4-6-12(20-3)7-5-11/h4-7,17H,8-9H2,1-3H3/p+1. The summed E-state index contributed by atoms with van der Waals surface area (Å²) in [6, 6.07) is 9.40. The lowest BCUT2D eigenvalue weighted by atomic mass is 10.2. The molecule has 0 aliphatic heterocycles. The predicted molar refractivity (Wildman–Crippen MR) is 79.4 cm³/mol. The number of anilines is 1. The zero-order chi connectivity index (χ0) is 15.2. The fraction of sp³-hybridized carbons (Fsp3) is 0.333. The van der Waals surface area contributed by atoms with Crippen molar-refractivity contribution in [2.24, 2.45) is 0 Å². The molecule has 6 nitrogen and oxygen atoms in total. The van der Waals surface area contributed by atoms with E-state index in [4.69, 9.17) is 14.4 Å². The number of methoxy groups -OCH3 is 1. The molecule has 0 unspecified atom stereocenters. The van der Waals surface area contributed by atoms with Crippen LogP contribution in [0.3, 0.4) is 0 Å². The first-order valence-electron chi connectivity index (χ1n) is 6.72. The second kappa shape index (κ2) is 6.77. The van der Waals surface area contributed by atoms with E-state index in [0.717, 1.165) is 17.9 Å². The maximum atomic E-state index is 9.13. The summed E-state index contributed by atoms with van der Waals surface area (Å²) in [4.78, 5) is 5.53. The van der Waals surface area contributed by atoms with Gasteiger partial charge in [-0.1, -0.05) is 0 Å². The molecule has 21 heavy (non-hydrogen) atoms. The second-order valence-corrected chi connectivity index (χ2v) is 4.92. The summed E-state index contributed by atoms with van der Waals surface area (Å²) in [5.41, 5.74) is 1.08. The normalized spacial score (nSPS) is 10.4. The van der Waals surface area contributed by atoms with E-state index in [-0.39, 0.29) is 5.69 Å². The first-order chi connectivity index (χ1) is 10.1. The topological polar surface area (TPSA) is 75.5 Å². The summed E-state index contributed by atoms with van der Waals surface area (Å²) in [6.07, 6.45) is 0. The van der Waals surface area contributed by atoms with Gasteiger partial charge >= 0.3 is 0 Å². The number of nitriles is 1. The zero-order valence-corrected chi connectivity index (χ0v) is 12.4. The highest BCUT2D eigenvalue weighted by Gasteiger charge is 2.14. The van der Waals surface area contributed by atoms with E-state index in [9.17, 15) is 0 Å². The van der Waals surface area contributed by atoms with Gasteiger partial charge in [-0.05, 0) is 24.3 Å². The molecule has 0 aliphatic rings. The van der Waals surface area contributed by atoms with Crippen LogP contribution in [0.15, 0.2) is 28.7 Å². The molecule has 1 heterocycles. The third kappa shape index (κ3) is 3.74. The molecule has 0 spiro atoms. The molecule has 2 aromatic rings. The van der Waals surface area contributed by atoms with Gasteiger partial charge in [-0.15, -0.1) is 0 Å². The Morgan fingerprint density at radius 2 is 2.05 bits per heavy atom. The van der Waals surface area contributed by atoms with Gasteiger partial charge in [0.05, 0.1) is 34.3 Å². The molecule has 1 aromatic carbocycles. The number of rotatable bonds is 6. The van der Waals surface area contributed by atoms with Crippen LogP contribution in [-0.4, -0.2) is 39.3 Å². The average Bonchev–Trinajstić information content (AvgIpc) is 2.90. The lowest BCUT2D eigenvalue weighted by Crippen LogP contribution is -3.06. The van der Waals surface area contributed by atoms with Crippen LogP contribution in [0.5, 0.6) is 5.75 Å². The smallest absolute Gasteiger partial charge is 0.232 e. The molecule has 0 saturated heterocycles. The third-order valence-corrected chi connectivity index (χ3v) is 2.98. The summed E-state index contributed by atoms with van der Waals surface area (Å²) in [5.74, 6) is 1.61. The number of oxazole rings is 1. The molecule has 1 aromatic heterocycles. The van der Waals surface area contributed by atoms with Crippen molar-refractivity contribution in [3.05, 3.63) is 30.0 Å². The van der Waals surface area contributed by atoms with E-state index in [1.807, 2.05) is 30.3 Å². The average molecular weight is 287 g/mol. The van der Waals surface area contributed by atoms with Crippen molar-refractivity contribution >= 4 is 5.88 Å². The van der Waals surface area contributed by atoms with Gasteiger partial charge in [0.15, 0.2) is 0 Å². The Bertz CT molecular complexity index is 626. The van der Waals surface area contributed by atoms with Gasteiger partial charge in [-0.3, -0.25) is 0 Å². The number of nitrogens with zero attached hydrogens (tertiary/aromatic N) is 2. The third-order valence-electron chi connectivity index (χ3n) is 2.98. The van der Waals surface area contributed by atoms with E-state index in [0.29, 0.717) is 18.3 Å². The molecule has 0 amide bonds. The molecule has 2 rings (SSSR count). The molecule has 0 aliphatic carbocycles. The van der Waals surface area contributed by atoms with E-state index in [1.54, 1.807) is 7.11 Å². The van der Waals surface area contributed by atoms with Crippen LogP contribution in [0.25, 0.3) is 11.5 Å². The van der Waals surface area contributed by atoms with Crippen molar-refractivity contribution in [3.8, 4) is 23.3 Å². The Morgan fingerprint density at radius 3 is 2.62 bits per heavy atom. The second-order valence-electron chi connectivity index (χ2n) is 4.92. The summed E-state index contributed by atoms with van der Waals surface area (Å²) < 4.78 is 10.8. The molecular weight excluding hydrogens is 268 g/mol. The molecule has 110 valence electrons. The minimum Gasteiger partial charge on any atom is -0.497 e. The van der Waals surface area contributed by atoms with E-state index < -0.39 is 0 Å². The maximum Gasteiger partial charge on any atom is 0.232 e. The number of quaternary nitrogens is 1. The van der Waals surface area contributed by atoms with Crippen molar-refractivity contribution in [1.82, 2.24) is 4.98 Å². The minimum absolute atomic E-state index is 0.273. The number of aromatic nitrogens is 1. The molecule has 2 N–H and O–H groups in total. The zero-order valence-electron chi connectivity index (χ0n) is 12.4. The van der Waals surface area contributed by atoms with Crippen LogP contribution in [0.2, 0.25) is 0 Å². The van der Waals surface area contributed by atoms with Gasteiger partial charge in [0, 0.05) is 5.56 Å². The van der Waals surface area contributed by atoms with Gasteiger partial charge in [-0.25, -0.2) is 0 Å². The van der Waals surface area contributed by atoms with Crippen molar-refractivity contribution in [1.29, 1.82) is 5.26 Å². The Morgan fingerprint density at radius 1 is 1.33 bits per heavy atom. The molecular formula is C15H19N4O2+. The number of likely N-dealkylation sites (N-methyl/N-ethyl adjacent to an activating group) is 1. The lowest BCUT2D eigenvalue weighted by molar-refractivity contribution is -0.856. The van der Waals surface area contributed by atoms with Crippen LogP contribution in [0.1, 0.15) is 5.69 Å². The van der Waals surface area contributed by atoms with Gasteiger partial charge in [-0.2, -0.15) is 10.2 Å². The first-order valence-corrected chi connectivity index (χ1v) is 6.72. The SMILES string of the molecule is COc1ccc(-c2nc(C#N)c(NCC[NH+](C)C)o2)cc1. The summed E-state index contributed by atoms with van der Waals surface area (Å²) in [6.45, 7) is 1.64. The number of ether oxygens (including phenoxy) is 1. The molecule has 0 saturated carbocycles. The Hall–Kier alpha value is -2.52. The summed E-state index contributed by atoms with van der Waals surface area (Å²) in [7, 11) is 5.74. The monoisotopic (exact) mass is 287 g/mol. The minimum atomic E-state index is 0.273. The highest BCUT2D eigenvalue weighted by Crippen LogP contribution is 2.26. The lowest BCUT2D eigenvalue weighted by Gasteiger charge is -2.07. The number of nitrogens with one attached hydrogen (secondary N) is 2. The Balaban J connectivity index is 2.17. The van der Waals surface area contributed by atoms with Crippen LogP contribution in [-0.2, 0) is 0 Å². The van der Waals surface area contributed by atoms with E-state index >= 15 is 0 Å². The van der Waals surface area contributed by atoms with Crippen molar-refractivity contribution in [3.63, 3.8) is 0 Å². The molecule has 6 heteroatoms. The number of hydrogen-bond acceptors (Lipinski definition) is 5. The van der Waals surface area contributed by atoms with Gasteiger partial charge < -0.3 is 19.4 Å². The van der Waals surface area contributed by atoms with Crippen molar-refractivity contribution in [2.45, 2.75) is 0 Å². The summed E-state index contributed by atoms with van der Waals surface area (Å²) in [5, 5.41) is 12.2. The number of benzene rings is 1. The van der Waals surface area contributed by atoms with Crippen LogP contribution < -0.4 is 15.0 Å². The van der Waals surface area contributed by atoms with E-state index in [2.05, 4.69) is 24.4 Å². The quantitative estimate of drug-likeness (QED) is 0.821. The van der Waals surface area contributed by atoms with Gasteiger partial charge in [0.25, 0.3) is 0 Å². The fourth-order valence-electron chi connectivity index (χ4n) is 1.80. The van der Waals surface area contributed by atoms with Crippen LogP contribution in [0, 0.1) is 11.3 Å². The first kappa shape index (κ1) is 14.9. The highest BCUT2D eigenvalue weighted by atomic mass is 16.5. The number of hydrogen-bond donors (Lipinski definition) is 2. The van der Waals surface area contributed by atoms with Crippen molar-refractivity contribution in [2.75, 3.05) is 39.6 Å². The van der Waals surface area contributed by atoms with Crippen molar-refractivity contribution < 1.29 is 14.1 Å². The van der Waals surface area contributed by atoms with Crippen LogP contribution in [0.4, 0.5) is 5.88 Å². The van der Waals surface area contributed by atoms with Gasteiger partial charge in [0.1, 0.15) is 11.8 Å². The van der Waals surface area contributed by atoms with E-state index in [1.165, 1.54) is 4.90 Å².